The molecule has 0 fully saturated rings. The van der Waals surface area contributed by atoms with Crippen LogP contribution >= 0.6 is 0 Å². The van der Waals surface area contributed by atoms with Gasteiger partial charge in [0.25, 0.3) is 5.91 Å². The van der Waals surface area contributed by atoms with Gasteiger partial charge in [-0.2, -0.15) is 10.4 Å². The Bertz CT molecular complexity index is 1260. The summed E-state index contributed by atoms with van der Waals surface area (Å²) in [6, 6.07) is 11.1. The zero-order valence-electron chi connectivity index (χ0n) is 16.1. The van der Waals surface area contributed by atoms with Crippen molar-refractivity contribution in [2.45, 2.75) is 19.4 Å². The van der Waals surface area contributed by atoms with Gasteiger partial charge >= 0.3 is 0 Å². The van der Waals surface area contributed by atoms with E-state index in [9.17, 15) is 9.18 Å². The molecule has 0 radical (unpaired) electrons. The fraction of sp³-hybridized carbons (Fsp3) is 0.136. The number of nitrogens with zero attached hydrogens (tertiary/aromatic N) is 5. The summed E-state index contributed by atoms with van der Waals surface area (Å²) in [5.41, 5.74) is 2.79. The van der Waals surface area contributed by atoms with Gasteiger partial charge in [0, 0.05) is 17.8 Å². The molecule has 0 bridgehead atoms. The summed E-state index contributed by atoms with van der Waals surface area (Å²) in [5.74, 6) is -0.636. The second-order valence-corrected chi connectivity index (χ2v) is 6.67. The van der Waals surface area contributed by atoms with Gasteiger partial charge in [-0.05, 0) is 48.4 Å². The Morgan fingerprint density at radius 2 is 2.03 bits per heavy atom. The third-order valence-electron chi connectivity index (χ3n) is 4.83. The van der Waals surface area contributed by atoms with E-state index < -0.39 is 0 Å². The van der Waals surface area contributed by atoms with E-state index in [0.717, 1.165) is 5.56 Å². The first-order valence-corrected chi connectivity index (χ1v) is 9.35. The standard InChI is InChI=1S/C22H17FN6O/c1-2-20(14-7-8-26-16(9-14)10-24)28-22(30)19-11-25-13-21-18(19)12-27-29(21)17-5-3-15(23)4-6-17/h3-9,11-13,20H,2H2,1H3,(H,28,30). The first-order chi connectivity index (χ1) is 14.6. The monoisotopic (exact) mass is 400 g/mol. The third kappa shape index (κ3) is 3.61. The molecule has 8 heteroatoms. The van der Waals surface area contributed by atoms with Crippen molar-refractivity contribution in [2.75, 3.05) is 0 Å². The highest BCUT2D eigenvalue weighted by Crippen LogP contribution is 2.23. The molecular formula is C22H17FN6O. The smallest absolute Gasteiger partial charge is 0.254 e. The number of carbonyl (C=O) groups excluding carboxylic acids is 1. The Kier molecular flexibility index (Phi) is 5.18. The molecule has 1 atom stereocenters. The van der Waals surface area contributed by atoms with Crippen LogP contribution in [0, 0.1) is 17.1 Å². The van der Waals surface area contributed by atoms with E-state index in [1.807, 2.05) is 13.0 Å². The van der Waals surface area contributed by atoms with Crippen molar-refractivity contribution in [3.63, 3.8) is 0 Å². The lowest BCUT2D eigenvalue weighted by Gasteiger charge is -2.17. The lowest BCUT2D eigenvalue weighted by molar-refractivity contribution is 0.0937. The van der Waals surface area contributed by atoms with Gasteiger partial charge in [0.1, 0.15) is 17.6 Å². The summed E-state index contributed by atoms with van der Waals surface area (Å²) < 4.78 is 14.8. The molecule has 0 aliphatic heterocycles. The fourth-order valence-corrected chi connectivity index (χ4v) is 3.29. The molecule has 30 heavy (non-hydrogen) atoms. The summed E-state index contributed by atoms with van der Waals surface area (Å²) in [4.78, 5) is 21.2. The van der Waals surface area contributed by atoms with Crippen LogP contribution in [0.4, 0.5) is 4.39 Å². The molecule has 0 saturated heterocycles. The van der Waals surface area contributed by atoms with Crippen LogP contribution in [0.3, 0.4) is 0 Å². The van der Waals surface area contributed by atoms with Gasteiger partial charge in [0.2, 0.25) is 0 Å². The van der Waals surface area contributed by atoms with Crippen molar-refractivity contribution in [1.29, 1.82) is 5.26 Å². The average molecular weight is 400 g/mol. The maximum absolute atomic E-state index is 13.2. The van der Waals surface area contributed by atoms with Crippen molar-refractivity contribution in [3.05, 3.63) is 83.8 Å². The Morgan fingerprint density at radius 1 is 1.23 bits per heavy atom. The highest BCUT2D eigenvalue weighted by Gasteiger charge is 2.19. The molecule has 3 heterocycles. The number of hydrogen-bond donors (Lipinski definition) is 1. The Balaban J connectivity index is 1.66. The molecule has 1 unspecified atom stereocenters. The predicted octanol–water partition coefficient (Wildman–Crippen LogP) is 3.71. The van der Waals surface area contributed by atoms with Crippen LogP contribution in [0.2, 0.25) is 0 Å². The van der Waals surface area contributed by atoms with Crippen LogP contribution < -0.4 is 5.32 Å². The molecule has 1 aromatic carbocycles. The van der Waals surface area contributed by atoms with Gasteiger partial charge in [-0.15, -0.1) is 0 Å². The van der Waals surface area contributed by atoms with E-state index in [2.05, 4.69) is 20.4 Å². The third-order valence-corrected chi connectivity index (χ3v) is 4.83. The molecule has 0 aliphatic carbocycles. The minimum atomic E-state index is -0.338. The topological polar surface area (TPSA) is 96.5 Å². The number of nitriles is 1. The van der Waals surface area contributed by atoms with Gasteiger partial charge in [-0.1, -0.05) is 6.92 Å². The van der Waals surface area contributed by atoms with E-state index in [1.54, 1.807) is 47.5 Å². The van der Waals surface area contributed by atoms with E-state index >= 15 is 0 Å². The van der Waals surface area contributed by atoms with Crippen molar-refractivity contribution in [3.8, 4) is 11.8 Å². The van der Waals surface area contributed by atoms with Crippen molar-refractivity contribution in [2.24, 2.45) is 0 Å². The minimum Gasteiger partial charge on any atom is -0.345 e. The lowest BCUT2D eigenvalue weighted by Crippen LogP contribution is -2.28. The molecule has 0 aliphatic rings. The largest absolute Gasteiger partial charge is 0.345 e. The number of rotatable bonds is 5. The van der Waals surface area contributed by atoms with Crippen LogP contribution in [0.5, 0.6) is 0 Å². The molecule has 4 rings (SSSR count). The summed E-state index contributed by atoms with van der Waals surface area (Å²) >= 11 is 0. The molecule has 4 aromatic rings. The number of halogens is 1. The number of hydrogen-bond acceptors (Lipinski definition) is 5. The molecule has 148 valence electrons. The highest BCUT2D eigenvalue weighted by atomic mass is 19.1. The first kappa shape index (κ1) is 19.2. The van der Waals surface area contributed by atoms with Crippen molar-refractivity contribution in [1.82, 2.24) is 25.1 Å². The van der Waals surface area contributed by atoms with E-state index in [-0.39, 0.29) is 17.8 Å². The summed E-state index contributed by atoms with van der Waals surface area (Å²) in [6.45, 7) is 1.95. The van der Waals surface area contributed by atoms with Gasteiger partial charge < -0.3 is 5.32 Å². The number of carbonyl (C=O) groups is 1. The van der Waals surface area contributed by atoms with Crippen LogP contribution in [-0.4, -0.2) is 25.7 Å². The second-order valence-electron chi connectivity index (χ2n) is 6.67. The highest BCUT2D eigenvalue weighted by molar-refractivity contribution is 6.06. The molecule has 3 aromatic heterocycles. The maximum atomic E-state index is 13.2. The first-order valence-electron chi connectivity index (χ1n) is 9.35. The van der Waals surface area contributed by atoms with E-state index in [1.165, 1.54) is 18.3 Å². The van der Waals surface area contributed by atoms with Gasteiger partial charge in [0.15, 0.2) is 0 Å². The van der Waals surface area contributed by atoms with Crippen LogP contribution in [0.1, 0.15) is 41.0 Å². The van der Waals surface area contributed by atoms with Gasteiger partial charge in [-0.3, -0.25) is 9.78 Å². The zero-order chi connectivity index (χ0) is 21.1. The quantitative estimate of drug-likeness (QED) is 0.551. The minimum absolute atomic E-state index is 0.282. The number of nitrogens with one attached hydrogen (secondary N) is 1. The van der Waals surface area contributed by atoms with Gasteiger partial charge in [0.05, 0.1) is 35.2 Å². The molecule has 1 N–H and O–H groups in total. The predicted molar refractivity (Wildman–Crippen MR) is 108 cm³/mol. The number of fused-ring (bicyclic) bond motifs is 1. The molecule has 0 spiro atoms. The van der Waals surface area contributed by atoms with Crippen molar-refractivity contribution >= 4 is 16.8 Å². The van der Waals surface area contributed by atoms with E-state index in [0.29, 0.717) is 34.3 Å². The Hall–Kier alpha value is -4.12. The number of aromatic nitrogens is 4. The van der Waals surface area contributed by atoms with Gasteiger partial charge in [-0.25, -0.2) is 14.1 Å². The molecule has 7 nitrogen and oxygen atoms in total. The average Bonchev–Trinajstić information content (AvgIpc) is 3.22. The number of benzene rings is 1. The molecule has 1 amide bonds. The van der Waals surface area contributed by atoms with Crippen LogP contribution in [-0.2, 0) is 0 Å². The molecule has 0 saturated carbocycles. The van der Waals surface area contributed by atoms with Crippen molar-refractivity contribution < 1.29 is 9.18 Å². The van der Waals surface area contributed by atoms with Crippen LogP contribution in [0.25, 0.3) is 16.6 Å². The second kappa shape index (κ2) is 8.09. The Morgan fingerprint density at radius 3 is 2.77 bits per heavy atom. The lowest BCUT2D eigenvalue weighted by atomic mass is 10.0. The fourth-order valence-electron chi connectivity index (χ4n) is 3.29. The maximum Gasteiger partial charge on any atom is 0.254 e. The summed E-state index contributed by atoms with van der Waals surface area (Å²) in [6.07, 6.45) is 6.89. The number of pyridine rings is 2. The van der Waals surface area contributed by atoms with E-state index in [4.69, 9.17) is 5.26 Å². The summed E-state index contributed by atoms with van der Waals surface area (Å²) in [7, 11) is 0. The summed E-state index contributed by atoms with van der Waals surface area (Å²) in [5, 5.41) is 17.0. The van der Waals surface area contributed by atoms with Crippen LogP contribution in [0.15, 0.2) is 61.2 Å². The SMILES string of the molecule is CCC(NC(=O)c1cncc2c1cnn2-c1ccc(F)cc1)c1ccnc(C#N)c1. The zero-order valence-corrected chi connectivity index (χ0v) is 16.1. The number of amides is 1. The Labute approximate surface area is 171 Å². The molecular weight excluding hydrogens is 383 g/mol. The normalized spacial score (nSPS) is 11.8.